The van der Waals surface area contributed by atoms with Crippen LogP contribution in [0.1, 0.15) is 35.1 Å². The number of fused-ring (bicyclic) bond motifs is 1. The number of hydrogen-bond donors (Lipinski definition) is 1. The van der Waals surface area contributed by atoms with Crippen LogP contribution in [-0.2, 0) is 0 Å². The molecular formula is C13H15N3O2. The van der Waals surface area contributed by atoms with E-state index in [1.807, 2.05) is 41.7 Å². The van der Waals surface area contributed by atoms with Crippen molar-refractivity contribution in [3.8, 4) is 0 Å². The van der Waals surface area contributed by atoms with Gasteiger partial charge >= 0.3 is 5.97 Å². The average molecular weight is 245 g/mol. The molecule has 94 valence electrons. The third-order valence-electron chi connectivity index (χ3n) is 3.30. The van der Waals surface area contributed by atoms with Gasteiger partial charge in [0.1, 0.15) is 11.3 Å². The summed E-state index contributed by atoms with van der Waals surface area (Å²) in [6, 6.07) is 3.85. The summed E-state index contributed by atoms with van der Waals surface area (Å²) in [4.78, 5) is 17.6. The van der Waals surface area contributed by atoms with Gasteiger partial charge in [0.05, 0.1) is 5.69 Å². The van der Waals surface area contributed by atoms with Crippen molar-refractivity contribution in [1.82, 2.24) is 9.38 Å². The lowest BCUT2D eigenvalue weighted by Crippen LogP contribution is -2.11. The van der Waals surface area contributed by atoms with Gasteiger partial charge in [-0.1, -0.05) is 0 Å². The summed E-state index contributed by atoms with van der Waals surface area (Å²) in [5.41, 5.74) is 1.73. The molecule has 0 aromatic carbocycles. The number of pyridine rings is 1. The van der Waals surface area contributed by atoms with Gasteiger partial charge in [0.25, 0.3) is 0 Å². The molecular weight excluding hydrogens is 230 g/mol. The highest BCUT2D eigenvalue weighted by Gasteiger charge is 2.31. The van der Waals surface area contributed by atoms with E-state index in [9.17, 15) is 9.90 Å². The van der Waals surface area contributed by atoms with Crippen LogP contribution in [0.4, 0.5) is 5.69 Å². The standard InChI is InChI=1S/C13H15N3O2/c1-15(2)9-4-3-7-16-11(9)10(13(17)18)14-12(16)8-5-6-8/h3-4,7-8H,5-6H2,1-2H3,(H,17,18). The predicted molar refractivity (Wildman–Crippen MR) is 68.5 cm³/mol. The summed E-state index contributed by atoms with van der Waals surface area (Å²) in [5.74, 6) is 0.336. The minimum Gasteiger partial charge on any atom is -0.476 e. The van der Waals surface area contributed by atoms with E-state index in [4.69, 9.17) is 0 Å². The number of nitrogens with zero attached hydrogens (tertiary/aromatic N) is 3. The van der Waals surface area contributed by atoms with Gasteiger partial charge in [-0.25, -0.2) is 9.78 Å². The molecule has 0 saturated heterocycles. The monoisotopic (exact) mass is 245 g/mol. The van der Waals surface area contributed by atoms with Crippen LogP contribution in [0.3, 0.4) is 0 Å². The number of aromatic nitrogens is 2. The molecule has 0 spiro atoms. The zero-order valence-corrected chi connectivity index (χ0v) is 10.4. The Kier molecular flexibility index (Phi) is 2.29. The first-order chi connectivity index (χ1) is 8.59. The van der Waals surface area contributed by atoms with Crippen LogP contribution in [0.2, 0.25) is 0 Å². The summed E-state index contributed by atoms with van der Waals surface area (Å²) in [5, 5.41) is 9.31. The van der Waals surface area contributed by atoms with Crippen LogP contribution < -0.4 is 4.90 Å². The predicted octanol–water partition coefficient (Wildman–Crippen LogP) is 1.98. The molecule has 0 unspecified atom stereocenters. The summed E-state index contributed by atoms with van der Waals surface area (Å²) < 4.78 is 1.93. The smallest absolute Gasteiger partial charge is 0.356 e. The van der Waals surface area contributed by atoms with Crippen molar-refractivity contribution >= 4 is 17.2 Å². The molecule has 2 heterocycles. The van der Waals surface area contributed by atoms with Crippen molar-refractivity contribution in [2.75, 3.05) is 19.0 Å². The number of hydrogen-bond acceptors (Lipinski definition) is 3. The maximum absolute atomic E-state index is 11.4. The Labute approximate surface area is 105 Å². The molecule has 3 rings (SSSR count). The Hall–Kier alpha value is -2.04. The molecule has 1 N–H and O–H groups in total. The van der Waals surface area contributed by atoms with E-state index >= 15 is 0 Å². The van der Waals surface area contributed by atoms with Crippen LogP contribution in [0, 0.1) is 0 Å². The van der Waals surface area contributed by atoms with E-state index in [0.29, 0.717) is 11.4 Å². The molecule has 0 amide bonds. The fourth-order valence-electron chi connectivity index (χ4n) is 2.28. The van der Waals surface area contributed by atoms with E-state index in [2.05, 4.69) is 4.98 Å². The van der Waals surface area contributed by atoms with Crippen LogP contribution in [0.25, 0.3) is 5.52 Å². The molecule has 0 bridgehead atoms. The minimum atomic E-state index is -0.964. The summed E-state index contributed by atoms with van der Waals surface area (Å²) in [6.45, 7) is 0. The van der Waals surface area contributed by atoms with Crippen molar-refractivity contribution in [2.24, 2.45) is 0 Å². The summed E-state index contributed by atoms with van der Waals surface area (Å²) in [7, 11) is 3.82. The van der Waals surface area contributed by atoms with Gasteiger partial charge in [-0.05, 0) is 25.0 Å². The van der Waals surface area contributed by atoms with E-state index < -0.39 is 5.97 Å². The number of imidazole rings is 1. The van der Waals surface area contributed by atoms with Crippen molar-refractivity contribution < 1.29 is 9.90 Å². The number of carboxylic acid groups (broad SMARTS) is 1. The Bertz CT molecular complexity index is 626. The number of anilines is 1. The van der Waals surface area contributed by atoms with Crippen LogP contribution in [0.15, 0.2) is 18.3 Å². The quantitative estimate of drug-likeness (QED) is 0.898. The lowest BCUT2D eigenvalue weighted by Gasteiger charge is -2.14. The number of rotatable bonds is 3. The number of carboxylic acids is 1. The molecule has 1 saturated carbocycles. The Balaban J connectivity index is 2.35. The van der Waals surface area contributed by atoms with Gasteiger partial charge in [-0.3, -0.25) is 0 Å². The second-order valence-corrected chi connectivity index (χ2v) is 4.90. The second kappa shape index (κ2) is 3.73. The topological polar surface area (TPSA) is 57.8 Å². The molecule has 2 aromatic rings. The van der Waals surface area contributed by atoms with Crippen molar-refractivity contribution in [3.63, 3.8) is 0 Å². The normalized spacial score (nSPS) is 15.0. The second-order valence-electron chi connectivity index (χ2n) is 4.90. The molecule has 1 aliphatic carbocycles. The SMILES string of the molecule is CN(C)c1cccn2c(C3CC3)nc(C(=O)O)c12. The number of aromatic carboxylic acids is 1. The lowest BCUT2D eigenvalue weighted by molar-refractivity contribution is 0.0693. The highest BCUT2D eigenvalue weighted by molar-refractivity contribution is 5.98. The van der Waals surface area contributed by atoms with Crippen LogP contribution >= 0.6 is 0 Å². The molecule has 1 fully saturated rings. The van der Waals surface area contributed by atoms with Gasteiger partial charge in [-0.15, -0.1) is 0 Å². The van der Waals surface area contributed by atoms with Gasteiger partial charge < -0.3 is 14.4 Å². The fourth-order valence-corrected chi connectivity index (χ4v) is 2.28. The van der Waals surface area contributed by atoms with Crippen LogP contribution in [-0.4, -0.2) is 34.6 Å². The Morgan fingerprint density at radius 3 is 2.78 bits per heavy atom. The third-order valence-corrected chi connectivity index (χ3v) is 3.30. The summed E-state index contributed by atoms with van der Waals surface area (Å²) in [6.07, 6.45) is 4.10. The largest absolute Gasteiger partial charge is 0.476 e. The fraction of sp³-hybridized carbons (Fsp3) is 0.385. The van der Waals surface area contributed by atoms with E-state index in [-0.39, 0.29) is 5.69 Å². The molecule has 2 aromatic heterocycles. The molecule has 0 radical (unpaired) electrons. The number of carbonyl (C=O) groups is 1. The summed E-state index contributed by atoms with van der Waals surface area (Å²) >= 11 is 0. The highest BCUT2D eigenvalue weighted by Crippen LogP contribution is 2.41. The molecule has 18 heavy (non-hydrogen) atoms. The molecule has 1 aliphatic rings. The zero-order valence-electron chi connectivity index (χ0n) is 10.4. The van der Waals surface area contributed by atoms with Crippen molar-refractivity contribution in [2.45, 2.75) is 18.8 Å². The van der Waals surface area contributed by atoms with Gasteiger partial charge in [-0.2, -0.15) is 0 Å². The van der Waals surface area contributed by atoms with Gasteiger partial charge in [0.2, 0.25) is 0 Å². The lowest BCUT2D eigenvalue weighted by atomic mass is 10.2. The molecule has 5 heteroatoms. The maximum Gasteiger partial charge on any atom is 0.356 e. The average Bonchev–Trinajstić information content (AvgIpc) is 3.08. The first-order valence-electron chi connectivity index (χ1n) is 6.01. The zero-order chi connectivity index (χ0) is 12.9. The maximum atomic E-state index is 11.4. The van der Waals surface area contributed by atoms with E-state index in [1.54, 1.807) is 0 Å². The van der Waals surface area contributed by atoms with Crippen molar-refractivity contribution in [1.29, 1.82) is 0 Å². The van der Waals surface area contributed by atoms with E-state index in [1.165, 1.54) is 0 Å². The minimum absolute atomic E-state index is 0.154. The van der Waals surface area contributed by atoms with Gasteiger partial charge in [0, 0.05) is 26.2 Å². The third kappa shape index (κ3) is 1.54. The van der Waals surface area contributed by atoms with E-state index in [0.717, 1.165) is 24.4 Å². The first kappa shape index (κ1) is 11.1. The highest BCUT2D eigenvalue weighted by atomic mass is 16.4. The first-order valence-corrected chi connectivity index (χ1v) is 6.01. The van der Waals surface area contributed by atoms with Crippen molar-refractivity contribution in [3.05, 3.63) is 29.8 Å². The van der Waals surface area contributed by atoms with Crippen LogP contribution in [0.5, 0.6) is 0 Å². The molecule has 5 nitrogen and oxygen atoms in total. The Morgan fingerprint density at radius 2 is 2.22 bits per heavy atom. The Morgan fingerprint density at radius 1 is 1.50 bits per heavy atom. The van der Waals surface area contributed by atoms with Gasteiger partial charge in [0.15, 0.2) is 5.69 Å². The molecule has 0 aliphatic heterocycles. The molecule has 0 atom stereocenters.